The molecule has 2 saturated heterocycles. The summed E-state index contributed by atoms with van der Waals surface area (Å²) >= 11 is 0. The average Bonchev–Trinajstić information content (AvgIpc) is 3.28. The van der Waals surface area contributed by atoms with Crippen molar-refractivity contribution in [3.63, 3.8) is 0 Å². The highest BCUT2D eigenvalue weighted by molar-refractivity contribution is 14.0. The maximum Gasteiger partial charge on any atom is 0.191 e. The van der Waals surface area contributed by atoms with E-state index in [1.54, 1.807) is 0 Å². The lowest BCUT2D eigenvalue weighted by Gasteiger charge is -2.15. The Hall–Kier alpha value is -0.120. The molecule has 26 heavy (non-hydrogen) atoms. The van der Waals surface area contributed by atoms with Crippen LogP contribution in [0.3, 0.4) is 0 Å². The normalized spacial score (nSPS) is 23.8. The van der Waals surface area contributed by atoms with Crippen LogP contribution in [0.2, 0.25) is 0 Å². The van der Waals surface area contributed by atoms with Gasteiger partial charge in [-0.25, -0.2) is 0 Å². The quantitative estimate of drug-likeness (QED) is 0.205. The van der Waals surface area contributed by atoms with E-state index in [4.69, 9.17) is 14.5 Å². The van der Waals surface area contributed by atoms with E-state index in [9.17, 15) is 0 Å². The Morgan fingerprint density at radius 3 is 2.85 bits per heavy atom. The van der Waals surface area contributed by atoms with Crippen molar-refractivity contribution in [3.8, 4) is 0 Å². The smallest absolute Gasteiger partial charge is 0.191 e. The van der Waals surface area contributed by atoms with Crippen LogP contribution in [0.4, 0.5) is 0 Å². The molecule has 0 aromatic heterocycles. The molecule has 2 rings (SSSR count). The van der Waals surface area contributed by atoms with Gasteiger partial charge in [0.15, 0.2) is 5.96 Å². The van der Waals surface area contributed by atoms with E-state index in [0.717, 1.165) is 64.9 Å². The van der Waals surface area contributed by atoms with Crippen LogP contribution in [0.15, 0.2) is 4.99 Å². The zero-order chi connectivity index (χ0) is 17.7. The fraction of sp³-hybridized carbons (Fsp3) is 0.947. The first-order valence-electron chi connectivity index (χ1n) is 10.2. The number of rotatable bonds is 11. The molecule has 2 aliphatic heterocycles. The summed E-state index contributed by atoms with van der Waals surface area (Å²) in [6, 6.07) is 0. The number of guanidine groups is 1. The van der Waals surface area contributed by atoms with Crippen molar-refractivity contribution in [1.29, 1.82) is 0 Å². The SMILES string of the molecule is CCCN1CCC(CN=C(NCC)NCCCOCC2CCOC2)C1.I. The third-order valence-electron chi connectivity index (χ3n) is 4.90. The Morgan fingerprint density at radius 1 is 1.23 bits per heavy atom. The number of halogens is 1. The average molecular weight is 482 g/mol. The van der Waals surface area contributed by atoms with E-state index >= 15 is 0 Å². The van der Waals surface area contributed by atoms with Gasteiger partial charge in [-0.15, -0.1) is 24.0 Å². The van der Waals surface area contributed by atoms with Crippen molar-refractivity contribution in [2.75, 3.05) is 65.7 Å². The lowest BCUT2D eigenvalue weighted by atomic mass is 10.1. The van der Waals surface area contributed by atoms with Crippen LogP contribution in [0, 0.1) is 11.8 Å². The highest BCUT2D eigenvalue weighted by atomic mass is 127. The molecule has 0 aromatic carbocycles. The molecule has 0 saturated carbocycles. The topological polar surface area (TPSA) is 58.1 Å². The molecule has 0 aromatic rings. The molecule has 154 valence electrons. The van der Waals surface area contributed by atoms with Crippen molar-refractivity contribution in [2.45, 2.75) is 39.5 Å². The third-order valence-corrected chi connectivity index (χ3v) is 4.90. The minimum absolute atomic E-state index is 0. The minimum atomic E-state index is 0. The van der Waals surface area contributed by atoms with Gasteiger partial charge in [0, 0.05) is 45.3 Å². The lowest BCUT2D eigenvalue weighted by molar-refractivity contribution is 0.0888. The Labute approximate surface area is 176 Å². The van der Waals surface area contributed by atoms with Crippen LogP contribution in [-0.4, -0.2) is 76.6 Å². The summed E-state index contributed by atoms with van der Waals surface area (Å²) in [5.41, 5.74) is 0. The number of hydrogen-bond acceptors (Lipinski definition) is 4. The first kappa shape index (κ1) is 23.9. The lowest BCUT2D eigenvalue weighted by Crippen LogP contribution is -2.38. The van der Waals surface area contributed by atoms with Crippen molar-refractivity contribution in [1.82, 2.24) is 15.5 Å². The molecule has 2 atom stereocenters. The van der Waals surface area contributed by atoms with Crippen molar-refractivity contribution in [3.05, 3.63) is 0 Å². The highest BCUT2D eigenvalue weighted by Crippen LogP contribution is 2.16. The van der Waals surface area contributed by atoms with Crippen molar-refractivity contribution < 1.29 is 9.47 Å². The second-order valence-electron chi connectivity index (χ2n) is 7.26. The summed E-state index contributed by atoms with van der Waals surface area (Å²) in [4.78, 5) is 7.34. The van der Waals surface area contributed by atoms with Crippen LogP contribution in [0.5, 0.6) is 0 Å². The molecule has 2 aliphatic rings. The molecule has 2 fully saturated rings. The molecule has 0 amide bonds. The maximum absolute atomic E-state index is 5.75. The highest BCUT2D eigenvalue weighted by Gasteiger charge is 2.21. The fourth-order valence-corrected chi connectivity index (χ4v) is 3.49. The molecule has 2 unspecified atom stereocenters. The van der Waals surface area contributed by atoms with E-state index in [1.807, 2.05) is 0 Å². The molecular weight excluding hydrogens is 443 g/mol. The Balaban J connectivity index is 0.00000338. The number of hydrogen-bond donors (Lipinski definition) is 2. The zero-order valence-electron chi connectivity index (χ0n) is 16.7. The van der Waals surface area contributed by atoms with Gasteiger partial charge in [-0.1, -0.05) is 6.92 Å². The van der Waals surface area contributed by atoms with Crippen LogP contribution in [0.25, 0.3) is 0 Å². The summed E-state index contributed by atoms with van der Waals surface area (Å²) in [6.45, 7) is 14.2. The van der Waals surface area contributed by atoms with Crippen molar-refractivity contribution >= 4 is 29.9 Å². The van der Waals surface area contributed by atoms with E-state index in [0.29, 0.717) is 11.8 Å². The summed E-state index contributed by atoms with van der Waals surface area (Å²) in [6.07, 6.45) is 4.68. The monoisotopic (exact) mass is 482 g/mol. The van der Waals surface area contributed by atoms with Crippen LogP contribution in [0.1, 0.15) is 39.5 Å². The molecule has 2 N–H and O–H groups in total. The summed E-state index contributed by atoms with van der Waals surface area (Å²) < 4.78 is 11.1. The van der Waals surface area contributed by atoms with Gasteiger partial charge in [-0.2, -0.15) is 0 Å². The summed E-state index contributed by atoms with van der Waals surface area (Å²) in [5, 5.41) is 6.78. The predicted molar refractivity (Wildman–Crippen MR) is 119 cm³/mol. The van der Waals surface area contributed by atoms with E-state index in [2.05, 4.69) is 29.4 Å². The predicted octanol–water partition coefficient (Wildman–Crippen LogP) is 2.33. The fourth-order valence-electron chi connectivity index (χ4n) is 3.49. The van der Waals surface area contributed by atoms with Gasteiger partial charge in [0.1, 0.15) is 0 Å². The van der Waals surface area contributed by atoms with Gasteiger partial charge in [-0.3, -0.25) is 4.99 Å². The zero-order valence-corrected chi connectivity index (χ0v) is 19.0. The number of nitrogens with one attached hydrogen (secondary N) is 2. The van der Waals surface area contributed by atoms with Gasteiger partial charge >= 0.3 is 0 Å². The second-order valence-corrected chi connectivity index (χ2v) is 7.26. The molecule has 0 bridgehead atoms. The maximum atomic E-state index is 5.75. The van der Waals surface area contributed by atoms with Crippen LogP contribution < -0.4 is 10.6 Å². The first-order valence-corrected chi connectivity index (χ1v) is 10.2. The van der Waals surface area contributed by atoms with E-state index in [-0.39, 0.29) is 24.0 Å². The standard InChI is InChI=1S/C19H38N4O2.HI/c1-3-9-23-10-6-17(14-23)13-22-19(20-4-2)21-8-5-11-24-15-18-7-12-25-16-18;/h17-18H,3-16H2,1-2H3,(H2,20,21,22);1H. The van der Waals surface area contributed by atoms with Crippen LogP contribution >= 0.6 is 24.0 Å². The molecule has 0 spiro atoms. The van der Waals surface area contributed by atoms with Gasteiger partial charge in [0.25, 0.3) is 0 Å². The number of ether oxygens (including phenoxy) is 2. The molecule has 6 nitrogen and oxygen atoms in total. The van der Waals surface area contributed by atoms with Gasteiger partial charge in [-0.05, 0) is 51.6 Å². The summed E-state index contributed by atoms with van der Waals surface area (Å²) in [5.74, 6) is 2.25. The second kappa shape index (κ2) is 14.9. The van der Waals surface area contributed by atoms with Gasteiger partial charge in [0.2, 0.25) is 0 Å². The molecule has 2 heterocycles. The minimum Gasteiger partial charge on any atom is -0.381 e. The van der Waals surface area contributed by atoms with Crippen LogP contribution in [-0.2, 0) is 9.47 Å². The van der Waals surface area contributed by atoms with E-state index in [1.165, 1.54) is 32.5 Å². The molecule has 0 aliphatic carbocycles. The molecule has 7 heteroatoms. The largest absolute Gasteiger partial charge is 0.381 e. The number of aliphatic imine (C=N–C) groups is 1. The Bertz CT molecular complexity index is 379. The Kier molecular flexibility index (Phi) is 13.7. The number of likely N-dealkylation sites (tertiary alicyclic amines) is 1. The Morgan fingerprint density at radius 2 is 2.12 bits per heavy atom. The summed E-state index contributed by atoms with van der Waals surface area (Å²) in [7, 11) is 0. The third kappa shape index (κ3) is 9.71. The van der Waals surface area contributed by atoms with Crippen molar-refractivity contribution in [2.24, 2.45) is 16.8 Å². The number of nitrogens with zero attached hydrogens (tertiary/aromatic N) is 2. The van der Waals surface area contributed by atoms with Gasteiger partial charge < -0.3 is 25.0 Å². The molecular formula is C19H39IN4O2. The van der Waals surface area contributed by atoms with E-state index < -0.39 is 0 Å². The molecule has 0 radical (unpaired) electrons. The van der Waals surface area contributed by atoms with Gasteiger partial charge in [0.05, 0.1) is 13.2 Å². The first-order chi connectivity index (χ1) is 12.3.